The van der Waals surface area contributed by atoms with Gasteiger partial charge in [0, 0.05) is 52.9 Å². The van der Waals surface area contributed by atoms with E-state index in [1.165, 1.54) is 6.07 Å². The largest absolute Gasteiger partial charge is 0.450 e. The summed E-state index contributed by atoms with van der Waals surface area (Å²) in [4.78, 5) is 38.0. The highest BCUT2D eigenvalue weighted by molar-refractivity contribution is 6.07. The Morgan fingerprint density at radius 1 is 0.875 bits per heavy atom. The van der Waals surface area contributed by atoms with Crippen molar-refractivity contribution in [3.63, 3.8) is 0 Å². The van der Waals surface area contributed by atoms with Crippen LogP contribution in [0.2, 0.25) is 0 Å². The molecule has 0 spiro atoms. The minimum Gasteiger partial charge on any atom is -0.450 e. The molecule has 2 aromatic carbocycles. The molecule has 0 saturated carbocycles. The van der Waals surface area contributed by atoms with Gasteiger partial charge in [-0.15, -0.1) is 0 Å². The number of hydrogen-bond acceptors (Lipinski definition) is 6. The summed E-state index contributed by atoms with van der Waals surface area (Å²) < 4.78 is 45.7. The van der Waals surface area contributed by atoms with Gasteiger partial charge in [0.05, 0.1) is 10.5 Å². The lowest BCUT2D eigenvalue weighted by molar-refractivity contribution is -0.385. The zero-order valence-corrected chi connectivity index (χ0v) is 22.6. The first-order chi connectivity index (χ1) is 18.6. The van der Waals surface area contributed by atoms with Crippen LogP contribution in [0.3, 0.4) is 0 Å². The fourth-order valence-corrected chi connectivity index (χ4v) is 6.05. The number of nitrogens with one attached hydrogen (secondary N) is 1. The topological polar surface area (TPSA) is 98.5 Å². The first-order valence-electron chi connectivity index (χ1n) is 13.0. The van der Waals surface area contributed by atoms with Gasteiger partial charge in [0.25, 0.3) is 0 Å². The van der Waals surface area contributed by atoms with Crippen molar-refractivity contribution >= 4 is 17.3 Å². The lowest BCUT2D eigenvalue weighted by atomic mass is 9.64. The van der Waals surface area contributed by atoms with Gasteiger partial charge in [-0.25, -0.2) is 0 Å². The number of ether oxygens (including phenoxy) is 1. The Balaban J connectivity index is 1.67. The zero-order chi connectivity index (χ0) is 29.2. The number of carbonyl (C=O) groups excluding carboxylic acids is 2. The lowest BCUT2D eigenvalue weighted by Gasteiger charge is -2.44. The van der Waals surface area contributed by atoms with Gasteiger partial charge >= 0.3 is 11.9 Å². The van der Waals surface area contributed by atoms with Crippen molar-refractivity contribution in [2.24, 2.45) is 10.8 Å². The molecule has 0 saturated heterocycles. The molecule has 40 heavy (non-hydrogen) atoms. The summed E-state index contributed by atoms with van der Waals surface area (Å²) in [5, 5.41) is 15.1. The summed E-state index contributed by atoms with van der Waals surface area (Å²) in [5.41, 5.74) is 0.242. The Hall–Kier alpha value is -3.95. The normalized spacial score (nSPS) is 20.6. The summed E-state index contributed by atoms with van der Waals surface area (Å²) in [5.74, 6) is -1.25. The van der Waals surface area contributed by atoms with Gasteiger partial charge in [0.2, 0.25) is 5.75 Å². The van der Waals surface area contributed by atoms with Crippen LogP contribution in [-0.2, 0) is 15.8 Å². The van der Waals surface area contributed by atoms with Gasteiger partial charge < -0.3 is 10.1 Å². The molecule has 0 atom stereocenters. The van der Waals surface area contributed by atoms with E-state index >= 15 is 0 Å². The smallest absolute Gasteiger partial charge is 0.416 e. The Labute approximate surface area is 229 Å². The van der Waals surface area contributed by atoms with E-state index in [9.17, 15) is 32.9 Å². The highest BCUT2D eigenvalue weighted by Gasteiger charge is 2.47. The zero-order valence-electron chi connectivity index (χ0n) is 22.6. The van der Waals surface area contributed by atoms with Crippen LogP contribution in [0.15, 0.2) is 65.0 Å². The van der Waals surface area contributed by atoms with E-state index in [-0.39, 0.29) is 46.7 Å². The van der Waals surface area contributed by atoms with Gasteiger partial charge in [0.1, 0.15) is 5.75 Å². The number of allylic oxidation sites excluding steroid dienone is 4. The van der Waals surface area contributed by atoms with E-state index in [2.05, 4.69) is 5.32 Å². The van der Waals surface area contributed by atoms with E-state index < -0.39 is 28.3 Å². The number of para-hydroxylation sites is 1. The Morgan fingerprint density at radius 2 is 1.43 bits per heavy atom. The number of dihydropyridines is 1. The van der Waals surface area contributed by atoms with E-state index in [1.807, 2.05) is 27.7 Å². The average molecular weight is 555 g/mol. The minimum absolute atomic E-state index is 0.108. The molecule has 2 aromatic rings. The molecule has 1 N–H and O–H groups in total. The molecule has 2 aliphatic carbocycles. The molecule has 0 radical (unpaired) electrons. The van der Waals surface area contributed by atoms with Crippen molar-refractivity contribution in [2.75, 3.05) is 0 Å². The predicted octanol–water partition coefficient (Wildman–Crippen LogP) is 7.38. The number of halogens is 3. The number of carbonyl (C=O) groups is 2. The number of alkyl halides is 3. The van der Waals surface area contributed by atoms with Crippen LogP contribution >= 0.6 is 0 Å². The number of nitro groups is 1. The van der Waals surface area contributed by atoms with Gasteiger partial charge in [-0.1, -0.05) is 45.9 Å². The number of hydrogen-bond donors (Lipinski definition) is 1. The molecule has 1 aliphatic heterocycles. The highest BCUT2D eigenvalue weighted by Crippen LogP contribution is 2.53. The molecule has 0 amide bonds. The minimum atomic E-state index is -4.77. The second-order valence-electron chi connectivity index (χ2n) is 12.3. The van der Waals surface area contributed by atoms with Crippen LogP contribution in [0.1, 0.15) is 70.4 Å². The molecule has 10 heteroatoms. The Bertz CT molecular complexity index is 1470. The monoisotopic (exact) mass is 554 g/mol. The summed E-state index contributed by atoms with van der Waals surface area (Å²) in [6.45, 7) is 8.02. The average Bonchev–Trinajstić information content (AvgIpc) is 2.81. The third-order valence-electron chi connectivity index (χ3n) is 7.65. The van der Waals surface area contributed by atoms with Crippen LogP contribution in [0.5, 0.6) is 11.5 Å². The maximum atomic E-state index is 13.6. The molecule has 210 valence electrons. The molecule has 3 aliphatic rings. The predicted molar refractivity (Wildman–Crippen MR) is 141 cm³/mol. The Morgan fingerprint density at radius 3 is 1.95 bits per heavy atom. The van der Waals surface area contributed by atoms with Crippen LogP contribution in [0.25, 0.3) is 0 Å². The standard InChI is InChI=1S/C30H29F3N2O5/c1-28(2)12-18-26(21(36)14-28)25(27-19(34-18)13-29(3,4)15-22(27)37)17-7-5-6-8-23(17)40-24-10-9-16(30(31,32)33)11-20(24)35(38)39/h5-11,25,34H,12-15H2,1-4H3. The number of benzene rings is 2. The molecule has 7 nitrogen and oxygen atoms in total. The second-order valence-corrected chi connectivity index (χ2v) is 12.3. The van der Waals surface area contributed by atoms with Gasteiger partial charge in [0.15, 0.2) is 11.6 Å². The maximum absolute atomic E-state index is 13.6. The van der Waals surface area contributed by atoms with Crippen molar-refractivity contribution in [3.8, 4) is 11.5 Å². The van der Waals surface area contributed by atoms with Crippen molar-refractivity contribution in [1.29, 1.82) is 0 Å². The molecular formula is C30H29F3N2O5. The molecule has 5 rings (SSSR count). The van der Waals surface area contributed by atoms with E-state index in [0.717, 1.165) is 23.5 Å². The number of ketones is 2. The summed E-state index contributed by atoms with van der Waals surface area (Å²) in [7, 11) is 0. The lowest BCUT2D eigenvalue weighted by Crippen LogP contribution is -2.42. The van der Waals surface area contributed by atoms with Crippen LogP contribution in [-0.4, -0.2) is 16.5 Å². The van der Waals surface area contributed by atoms with Gasteiger partial charge in [-0.05, 0) is 41.9 Å². The molecule has 0 unspecified atom stereocenters. The third kappa shape index (κ3) is 5.02. The van der Waals surface area contributed by atoms with Crippen LogP contribution < -0.4 is 10.1 Å². The number of Topliss-reactive ketones (excluding diaryl/α,β-unsaturated/α-hetero) is 2. The van der Waals surface area contributed by atoms with Crippen molar-refractivity contribution in [2.45, 2.75) is 65.5 Å². The quantitative estimate of drug-likeness (QED) is 0.313. The number of nitro benzene ring substituents is 1. The Kier molecular flexibility index (Phi) is 6.43. The summed E-state index contributed by atoms with van der Waals surface area (Å²) in [6, 6.07) is 8.63. The molecule has 0 aromatic heterocycles. The molecule has 1 heterocycles. The van der Waals surface area contributed by atoms with E-state index in [0.29, 0.717) is 35.6 Å². The fourth-order valence-electron chi connectivity index (χ4n) is 6.05. The molecular weight excluding hydrogens is 525 g/mol. The van der Waals surface area contributed by atoms with Crippen LogP contribution in [0.4, 0.5) is 18.9 Å². The summed E-state index contributed by atoms with van der Waals surface area (Å²) in [6.07, 6.45) is -3.04. The third-order valence-corrected chi connectivity index (χ3v) is 7.65. The van der Waals surface area contributed by atoms with E-state index in [1.54, 1.807) is 18.2 Å². The number of rotatable bonds is 4. The van der Waals surface area contributed by atoms with E-state index in [4.69, 9.17) is 4.74 Å². The van der Waals surface area contributed by atoms with Crippen LogP contribution in [0, 0.1) is 20.9 Å². The molecule has 0 bridgehead atoms. The first-order valence-corrected chi connectivity index (χ1v) is 13.0. The summed E-state index contributed by atoms with van der Waals surface area (Å²) >= 11 is 0. The van der Waals surface area contributed by atoms with Crippen molar-refractivity contribution in [3.05, 3.63) is 86.2 Å². The van der Waals surface area contributed by atoms with Gasteiger partial charge in [-0.3, -0.25) is 19.7 Å². The van der Waals surface area contributed by atoms with Crippen molar-refractivity contribution in [1.82, 2.24) is 5.32 Å². The highest BCUT2D eigenvalue weighted by atomic mass is 19.4. The first kappa shape index (κ1) is 27.6. The fraction of sp³-hybridized carbons (Fsp3) is 0.400. The van der Waals surface area contributed by atoms with Gasteiger partial charge in [-0.2, -0.15) is 13.2 Å². The maximum Gasteiger partial charge on any atom is 0.416 e. The molecule has 0 fully saturated rings. The van der Waals surface area contributed by atoms with Crippen molar-refractivity contribution < 1.29 is 32.4 Å². The number of nitrogens with zero attached hydrogens (tertiary/aromatic N) is 1. The second kappa shape index (κ2) is 9.31. The SMILES string of the molecule is CC1(C)CC(=O)C2=C(C1)NC1=C(C(=O)CC(C)(C)C1)C2c1ccccc1Oc1ccc(C(F)(F)F)cc1[N+](=O)[O-].